The van der Waals surface area contributed by atoms with Crippen molar-refractivity contribution in [3.63, 3.8) is 0 Å². The molecule has 0 aromatic heterocycles. The number of hydrogen-bond donors (Lipinski definition) is 1. The second-order valence-corrected chi connectivity index (χ2v) is 5.65. The number of carbonyl (C=O) groups is 1. The van der Waals surface area contributed by atoms with Gasteiger partial charge in [0.1, 0.15) is 0 Å². The average molecular weight is 259 g/mol. The fourth-order valence-electron chi connectivity index (χ4n) is 3.17. The van der Waals surface area contributed by atoms with E-state index in [2.05, 4.69) is 34.5 Å². The van der Waals surface area contributed by atoms with Gasteiger partial charge in [-0.05, 0) is 43.7 Å². The Kier molecular flexibility index (Phi) is 3.19. The first kappa shape index (κ1) is 12.5. The molecular weight excluding hydrogens is 238 g/mol. The smallest absolute Gasteiger partial charge is 0.228 e. The molecule has 4 nitrogen and oxygen atoms in total. The maximum absolute atomic E-state index is 12.2. The van der Waals surface area contributed by atoms with Gasteiger partial charge in [0.05, 0.1) is 6.04 Å². The summed E-state index contributed by atoms with van der Waals surface area (Å²) in [6.45, 7) is 1.04. The van der Waals surface area contributed by atoms with Crippen molar-refractivity contribution in [3.8, 4) is 0 Å². The van der Waals surface area contributed by atoms with Crippen molar-refractivity contribution in [2.45, 2.75) is 31.3 Å². The summed E-state index contributed by atoms with van der Waals surface area (Å²) in [4.78, 5) is 16.3. The summed E-state index contributed by atoms with van der Waals surface area (Å²) < 4.78 is 0. The maximum atomic E-state index is 12.2. The van der Waals surface area contributed by atoms with Crippen molar-refractivity contribution >= 4 is 17.3 Å². The minimum absolute atomic E-state index is 0.252. The highest BCUT2D eigenvalue weighted by atomic mass is 16.2. The van der Waals surface area contributed by atoms with Gasteiger partial charge in [0.15, 0.2) is 0 Å². The highest BCUT2D eigenvalue weighted by Gasteiger charge is 2.41. The van der Waals surface area contributed by atoms with Crippen molar-refractivity contribution in [3.05, 3.63) is 24.3 Å². The zero-order chi connectivity index (χ0) is 13.4. The maximum Gasteiger partial charge on any atom is 0.228 e. The number of rotatable bonds is 2. The molecule has 2 saturated heterocycles. The summed E-state index contributed by atoms with van der Waals surface area (Å²) in [5, 5.41) is 3.47. The second-order valence-electron chi connectivity index (χ2n) is 5.65. The third-order valence-corrected chi connectivity index (χ3v) is 4.19. The van der Waals surface area contributed by atoms with E-state index >= 15 is 0 Å². The Hall–Kier alpha value is -1.55. The first-order valence-corrected chi connectivity index (χ1v) is 6.99. The number of fused-ring (bicyclic) bond motifs is 1. The molecule has 1 N–H and O–H groups in total. The van der Waals surface area contributed by atoms with E-state index < -0.39 is 0 Å². The minimum Gasteiger partial charge on any atom is -0.378 e. The van der Waals surface area contributed by atoms with Crippen LogP contribution in [0.1, 0.15) is 19.3 Å². The SMILES string of the molecule is CN(C)c1ccc(N2C(=O)CC3NCCCC32)cc1. The van der Waals surface area contributed by atoms with Gasteiger partial charge in [0.25, 0.3) is 0 Å². The zero-order valence-electron chi connectivity index (χ0n) is 11.6. The van der Waals surface area contributed by atoms with Crippen molar-refractivity contribution in [1.82, 2.24) is 5.32 Å². The average Bonchev–Trinajstić information content (AvgIpc) is 2.74. The van der Waals surface area contributed by atoms with E-state index in [1.807, 2.05) is 19.0 Å². The number of anilines is 2. The summed E-state index contributed by atoms with van der Waals surface area (Å²) in [6.07, 6.45) is 2.90. The Bertz CT molecular complexity index is 469. The quantitative estimate of drug-likeness (QED) is 0.876. The van der Waals surface area contributed by atoms with Crippen molar-refractivity contribution in [2.24, 2.45) is 0 Å². The number of piperidine rings is 1. The van der Waals surface area contributed by atoms with E-state index in [1.54, 1.807) is 0 Å². The molecule has 2 unspecified atom stereocenters. The Morgan fingerprint density at radius 2 is 2.00 bits per heavy atom. The predicted octanol–water partition coefficient (Wildman–Crippen LogP) is 1.61. The van der Waals surface area contributed by atoms with E-state index in [0.29, 0.717) is 18.5 Å². The monoisotopic (exact) mass is 259 g/mol. The Morgan fingerprint density at radius 3 is 2.68 bits per heavy atom. The van der Waals surface area contributed by atoms with E-state index in [4.69, 9.17) is 0 Å². The molecule has 4 heteroatoms. The molecule has 0 saturated carbocycles. The van der Waals surface area contributed by atoms with Crippen LogP contribution in [0.3, 0.4) is 0 Å². The van der Waals surface area contributed by atoms with Crippen molar-refractivity contribution < 1.29 is 4.79 Å². The topological polar surface area (TPSA) is 35.6 Å². The van der Waals surface area contributed by atoms with E-state index in [0.717, 1.165) is 30.8 Å². The summed E-state index contributed by atoms with van der Waals surface area (Å²) in [6, 6.07) is 8.95. The fraction of sp³-hybridized carbons (Fsp3) is 0.533. The molecule has 1 amide bonds. The Morgan fingerprint density at radius 1 is 1.26 bits per heavy atom. The van der Waals surface area contributed by atoms with Crippen LogP contribution in [0.4, 0.5) is 11.4 Å². The number of benzene rings is 1. The number of nitrogens with one attached hydrogen (secondary N) is 1. The fourth-order valence-corrected chi connectivity index (χ4v) is 3.17. The molecule has 19 heavy (non-hydrogen) atoms. The molecule has 1 aromatic carbocycles. The highest BCUT2D eigenvalue weighted by Crippen LogP contribution is 2.32. The van der Waals surface area contributed by atoms with Gasteiger partial charge < -0.3 is 15.1 Å². The van der Waals surface area contributed by atoms with Crippen LogP contribution in [0.2, 0.25) is 0 Å². The second kappa shape index (κ2) is 4.85. The van der Waals surface area contributed by atoms with Gasteiger partial charge in [-0.2, -0.15) is 0 Å². The molecule has 1 aromatic rings. The molecule has 0 spiro atoms. The molecule has 102 valence electrons. The molecule has 0 bridgehead atoms. The molecule has 0 aliphatic carbocycles. The highest BCUT2D eigenvalue weighted by molar-refractivity contribution is 5.97. The number of carbonyl (C=O) groups excluding carboxylic acids is 1. The van der Waals surface area contributed by atoms with Crippen LogP contribution < -0.4 is 15.1 Å². The molecule has 2 aliphatic rings. The van der Waals surface area contributed by atoms with E-state index in [9.17, 15) is 4.79 Å². The van der Waals surface area contributed by atoms with Crippen LogP contribution >= 0.6 is 0 Å². The van der Waals surface area contributed by atoms with Crippen molar-refractivity contribution in [1.29, 1.82) is 0 Å². The van der Waals surface area contributed by atoms with Crippen LogP contribution in [-0.4, -0.2) is 38.6 Å². The normalized spacial score (nSPS) is 26.4. The van der Waals surface area contributed by atoms with Crippen LogP contribution in [0.5, 0.6) is 0 Å². The van der Waals surface area contributed by atoms with Crippen LogP contribution in [0.25, 0.3) is 0 Å². The predicted molar refractivity (Wildman–Crippen MR) is 77.7 cm³/mol. The minimum atomic E-state index is 0.252. The molecule has 0 radical (unpaired) electrons. The lowest BCUT2D eigenvalue weighted by Crippen LogP contribution is -2.47. The molecule has 3 rings (SSSR count). The van der Waals surface area contributed by atoms with E-state index in [-0.39, 0.29) is 5.91 Å². The van der Waals surface area contributed by atoms with Gasteiger partial charge in [-0.1, -0.05) is 0 Å². The number of hydrogen-bond acceptors (Lipinski definition) is 3. The Balaban J connectivity index is 1.86. The molecular formula is C15H21N3O. The first-order chi connectivity index (χ1) is 9.16. The summed E-state index contributed by atoms with van der Waals surface area (Å²) in [7, 11) is 4.05. The summed E-state index contributed by atoms with van der Waals surface area (Å²) in [5.41, 5.74) is 2.19. The number of nitrogens with zero attached hydrogens (tertiary/aromatic N) is 2. The zero-order valence-corrected chi connectivity index (χ0v) is 11.6. The molecule has 2 aliphatic heterocycles. The van der Waals surface area contributed by atoms with Crippen LogP contribution in [0.15, 0.2) is 24.3 Å². The van der Waals surface area contributed by atoms with Crippen LogP contribution in [0, 0.1) is 0 Å². The van der Waals surface area contributed by atoms with Gasteiger partial charge >= 0.3 is 0 Å². The lowest BCUT2D eigenvalue weighted by atomic mass is 9.99. The third kappa shape index (κ3) is 2.21. The van der Waals surface area contributed by atoms with Gasteiger partial charge in [0.2, 0.25) is 5.91 Å². The van der Waals surface area contributed by atoms with Gasteiger partial charge in [-0.25, -0.2) is 0 Å². The van der Waals surface area contributed by atoms with Crippen LogP contribution in [-0.2, 0) is 4.79 Å². The molecule has 2 heterocycles. The van der Waals surface area contributed by atoms with E-state index in [1.165, 1.54) is 0 Å². The van der Waals surface area contributed by atoms with Gasteiger partial charge in [-0.3, -0.25) is 4.79 Å². The summed E-state index contributed by atoms with van der Waals surface area (Å²) >= 11 is 0. The molecule has 2 atom stereocenters. The Labute approximate surface area is 114 Å². The standard InChI is InChI=1S/C15H21N3O/c1-17(2)11-5-7-12(8-6-11)18-14-4-3-9-16-13(14)10-15(18)19/h5-8,13-14,16H,3-4,9-10H2,1-2H3. The van der Waals surface area contributed by atoms with Crippen molar-refractivity contribution in [2.75, 3.05) is 30.4 Å². The molecule has 2 fully saturated rings. The summed E-state index contributed by atoms with van der Waals surface area (Å²) in [5.74, 6) is 0.252. The lowest BCUT2D eigenvalue weighted by molar-refractivity contribution is -0.117. The largest absolute Gasteiger partial charge is 0.378 e. The first-order valence-electron chi connectivity index (χ1n) is 6.99. The third-order valence-electron chi connectivity index (χ3n) is 4.19. The number of amides is 1. The van der Waals surface area contributed by atoms with Gasteiger partial charge in [0, 0.05) is 37.9 Å². The lowest BCUT2D eigenvalue weighted by Gasteiger charge is -2.32. The van der Waals surface area contributed by atoms with Gasteiger partial charge in [-0.15, -0.1) is 0 Å².